The minimum Gasteiger partial charge on any atom is -0.324 e. The number of nitrogens with one attached hydrogen (secondary N) is 1. The molecule has 1 aromatic carbocycles. The molecule has 0 fully saturated rings. The molecule has 10 heteroatoms. The van der Waals surface area contributed by atoms with Gasteiger partial charge in [-0.2, -0.15) is 16.1 Å². The lowest BCUT2D eigenvalue weighted by molar-refractivity contribution is -0.387. The summed E-state index contributed by atoms with van der Waals surface area (Å²) in [6.45, 7) is 1.75. The van der Waals surface area contributed by atoms with Gasteiger partial charge in [-0.3, -0.25) is 16.0 Å². The number of hydrogen-bond acceptors (Lipinski definition) is 7. The van der Waals surface area contributed by atoms with Gasteiger partial charge in [0.15, 0.2) is 4.90 Å². The molecule has 118 valence electrons. The average molecular weight is 334 g/mol. The highest BCUT2D eigenvalue weighted by Gasteiger charge is 2.32. The van der Waals surface area contributed by atoms with Crippen LogP contribution in [0.15, 0.2) is 23.1 Å². The third-order valence-corrected chi connectivity index (χ3v) is 5.84. The lowest BCUT2D eigenvalue weighted by Crippen LogP contribution is -2.36. The second-order valence-corrected chi connectivity index (χ2v) is 7.29. The molecule has 0 aromatic heterocycles. The Morgan fingerprint density at radius 2 is 2.14 bits per heavy atom. The van der Waals surface area contributed by atoms with Crippen LogP contribution in [0.25, 0.3) is 0 Å². The number of nitro groups is 1. The second-order valence-electron chi connectivity index (χ2n) is 4.41. The summed E-state index contributed by atoms with van der Waals surface area (Å²) >= 11 is 1.50. The first-order chi connectivity index (χ1) is 9.75. The molecular weight excluding hydrogens is 316 g/mol. The van der Waals surface area contributed by atoms with Crippen molar-refractivity contribution < 1.29 is 13.3 Å². The maximum absolute atomic E-state index is 12.5. The monoisotopic (exact) mass is 334 g/mol. The standard InChI is InChI=1S/C11H18N4O4S2/c1-8(7-20-3)14(2)21(18,19)11-5-4-9(13-12)6-10(11)15(16)17/h4-6,8,13H,7,12H2,1-3H3. The predicted octanol–water partition coefficient (Wildman–Crippen LogP) is 1.25. The molecule has 0 aliphatic heterocycles. The fourth-order valence-electron chi connectivity index (χ4n) is 1.71. The number of rotatable bonds is 7. The van der Waals surface area contributed by atoms with Crippen molar-refractivity contribution in [3.05, 3.63) is 28.3 Å². The Morgan fingerprint density at radius 1 is 1.52 bits per heavy atom. The normalized spacial score (nSPS) is 13.2. The molecule has 8 nitrogen and oxygen atoms in total. The van der Waals surface area contributed by atoms with Crippen molar-refractivity contribution in [3.63, 3.8) is 0 Å². The average Bonchev–Trinajstić information content (AvgIpc) is 2.45. The van der Waals surface area contributed by atoms with E-state index in [1.54, 1.807) is 6.92 Å². The number of nitrogens with two attached hydrogens (primary N) is 1. The number of nitrogen functional groups attached to an aromatic ring is 1. The molecule has 0 saturated carbocycles. The fourth-order valence-corrected chi connectivity index (χ4v) is 4.00. The van der Waals surface area contributed by atoms with E-state index in [1.165, 1.54) is 30.9 Å². The predicted molar refractivity (Wildman–Crippen MR) is 83.7 cm³/mol. The molecule has 0 saturated heterocycles. The van der Waals surface area contributed by atoms with E-state index in [4.69, 9.17) is 5.84 Å². The van der Waals surface area contributed by atoms with Gasteiger partial charge < -0.3 is 5.43 Å². The number of anilines is 1. The summed E-state index contributed by atoms with van der Waals surface area (Å²) in [5, 5.41) is 11.1. The third kappa shape index (κ3) is 3.84. The largest absolute Gasteiger partial charge is 0.324 e. The van der Waals surface area contributed by atoms with Crippen molar-refractivity contribution in [2.24, 2.45) is 5.84 Å². The highest BCUT2D eigenvalue weighted by molar-refractivity contribution is 7.98. The van der Waals surface area contributed by atoms with E-state index < -0.39 is 20.6 Å². The summed E-state index contributed by atoms with van der Waals surface area (Å²) in [6.07, 6.45) is 1.86. The van der Waals surface area contributed by atoms with E-state index in [2.05, 4.69) is 5.43 Å². The summed E-state index contributed by atoms with van der Waals surface area (Å²) in [5.74, 6) is 5.78. The molecule has 0 aliphatic rings. The zero-order valence-corrected chi connectivity index (χ0v) is 13.6. The van der Waals surface area contributed by atoms with Crippen LogP contribution in [-0.2, 0) is 10.0 Å². The van der Waals surface area contributed by atoms with Gasteiger partial charge in [0.2, 0.25) is 10.0 Å². The Hall–Kier alpha value is -1.36. The Morgan fingerprint density at radius 3 is 2.62 bits per heavy atom. The zero-order chi connectivity index (χ0) is 16.2. The van der Waals surface area contributed by atoms with Crippen molar-refractivity contribution in [2.45, 2.75) is 17.9 Å². The molecule has 1 atom stereocenters. The van der Waals surface area contributed by atoms with Crippen LogP contribution in [0, 0.1) is 10.1 Å². The van der Waals surface area contributed by atoms with Crippen LogP contribution in [-0.4, -0.2) is 42.7 Å². The molecule has 0 heterocycles. The molecule has 3 N–H and O–H groups in total. The van der Waals surface area contributed by atoms with E-state index >= 15 is 0 Å². The number of hydrazine groups is 1. The van der Waals surface area contributed by atoms with Gasteiger partial charge in [0.05, 0.1) is 10.6 Å². The Labute approximate surface area is 127 Å². The summed E-state index contributed by atoms with van der Waals surface area (Å²) in [5.41, 5.74) is 2.02. The van der Waals surface area contributed by atoms with Crippen LogP contribution in [0.2, 0.25) is 0 Å². The van der Waals surface area contributed by atoms with Crippen molar-refractivity contribution >= 4 is 33.2 Å². The molecular formula is C11H18N4O4S2. The van der Waals surface area contributed by atoms with E-state index in [1.807, 2.05) is 6.26 Å². The van der Waals surface area contributed by atoms with E-state index in [0.717, 1.165) is 10.4 Å². The smallest absolute Gasteiger partial charge is 0.291 e. The van der Waals surface area contributed by atoms with E-state index in [-0.39, 0.29) is 16.6 Å². The number of thioether (sulfide) groups is 1. The molecule has 1 aromatic rings. The molecule has 1 unspecified atom stereocenters. The van der Waals surface area contributed by atoms with E-state index in [0.29, 0.717) is 5.75 Å². The van der Waals surface area contributed by atoms with Gasteiger partial charge in [0.1, 0.15) is 0 Å². The molecule has 0 bridgehead atoms. The summed E-state index contributed by atoms with van der Waals surface area (Å²) < 4.78 is 26.2. The summed E-state index contributed by atoms with van der Waals surface area (Å²) in [4.78, 5) is 10.0. The first kappa shape index (κ1) is 17.7. The summed E-state index contributed by atoms with van der Waals surface area (Å²) in [7, 11) is -2.54. The minimum absolute atomic E-state index is 0.264. The molecule has 0 aliphatic carbocycles. The fraction of sp³-hybridized carbons (Fsp3) is 0.455. The lowest BCUT2D eigenvalue weighted by Gasteiger charge is -2.23. The maximum atomic E-state index is 12.5. The van der Waals surface area contributed by atoms with Crippen LogP contribution < -0.4 is 11.3 Å². The number of nitrogens with zero attached hydrogens (tertiary/aromatic N) is 2. The SMILES string of the molecule is CSCC(C)N(C)S(=O)(=O)c1ccc(NN)cc1[N+](=O)[O-]. The van der Waals surface area contributed by atoms with Crippen molar-refractivity contribution in [3.8, 4) is 0 Å². The topological polar surface area (TPSA) is 119 Å². The molecule has 21 heavy (non-hydrogen) atoms. The Balaban J connectivity index is 3.34. The van der Waals surface area contributed by atoms with Crippen LogP contribution in [0.3, 0.4) is 0 Å². The molecule has 0 spiro atoms. The van der Waals surface area contributed by atoms with Gasteiger partial charge >= 0.3 is 0 Å². The third-order valence-electron chi connectivity index (χ3n) is 3.01. The van der Waals surface area contributed by atoms with Crippen molar-refractivity contribution in [2.75, 3.05) is 24.5 Å². The van der Waals surface area contributed by atoms with Gasteiger partial charge in [-0.05, 0) is 25.3 Å². The summed E-state index contributed by atoms with van der Waals surface area (Å²) in [6, 6.07) is 3.38. The number of hydrogen-bond donors (Lipinski definition) is 2. The van der Waals surface area contributed by atoms with Crippen molar-refractivity contribution in [1.82, 2.24) is 4.31 Å². The minimum atomic E-state index is -3.95. The Bertz CT molecular complexity index is 621. The molecule has 0 radical (unpaired) electrons. The van der Waals surface area contributed by atoms with Gasteiger partial charge in [0, 0.05) is 24.9 Å². The van der Waals surface area contributed by atoms with Crippen LogP contribution in [0.5, 0.6) is 0 Å². The highest BCUT2D eigenvalue weighted by Crippen LogP contribution is 2.29. The first-order valence-corrected chi connectivity index (χ1v) is 8.81. The first-order valence-electron chi connectivity index (χ1n) is 5.97. The lowest BCUT2D eigenvalue weighted by atomic mass is 10.3. The quantitative estimate of drug-likeness (QED) is 0.437. The van der Waals surface area contributed by atoms with Crippen LogP contribution in [0.4, 0.5) is 11.4 Å². The maximum Gasteiger partial charge on any atom is 0.291 e. The van der Waals surface area contributed by atoms with Gasteiger partial charge in [-0.1, -0.05) is 0 Å². The number of benzene rings is 1. The molecule has 1 rings (SSSR count). The highest BCUT2D eigenvalue weighted by atomic mass is 32.2. The van der Waals surface area contributed by atoms with Crippen LogP contribution in [0.1, 0.15) is 6.92 Å². The van der Waals surface area contributed by atoms with Gasteiger partial charge in [-0.25, -0.2) is 8.42 Å². The molecule has 0 amide bonds. The van der Waals surface area contributed by atoms with Crippen molar-refractivity contribution in [1.29, 1.82) is 0 Å². The zero-order valence-electron chi connectivity index (χ0n) is 11.9. The van der Waals surface area contributed by atoms with Gasteiger partial charge in [-0.15, -0.1) is 0 Å². The number of sulfonamides is 1. The van der Waals surface area contributed by atoms with Crippen LogP contribution >= 0.6 is 11.8 Å². The second kappa shape index (κ2) is 7.07. The number of nitro benzene ring substituents is 1. The van der Waals surface area contributed by atoms with Gasteiger partial charge in [0.25, 0.3) is 5.69 Å². The Kier molecular flexibility index (Phi) is 5.96. The van der Waals surface area contributed by atoms with E-state index in [9.17, 15) is 18.5 Å².